The Bertz CT molecular complexity index is 3030. The second kappa shape index (κ2) is 12.0. The number of rotatable bonds is 5. The molecule has 10 aromatic rings. The Balaban J connectivity index is 1.22. The van der Waals surface area contributed by atoms with Crippen molar-refractivity contribution in [1.82, 2.24) is 9.13 Å². The molecule has 0 aliphatic heterocycles. The van der Waals surface area contributed by atoms with Gasteiger partial charge in [0.15, 0.2) is 0 Å². The first-order valence-electron chi connectivity index (χ1n) is 17.6. The fraction of sp³-hybridized carbons (Fsp3) is 0. The first-order chi connectivity index (χ1) is 25.8. The van der Waals surface area contributed by atoms with E-state index in [1.54, 1.807) is 0 Å². The van der Waals surface area contributed by atoms with E-state index < -0.39 is 0 Å². The molecule has 0 radical (unpaired) electrons. The highest BCUT2D eigenvalue weighted by Gasteiger charge is 2.20. The lowest BCUT2D eigenvalue weighted by Crippen LogP contribution is -1.97. The normalized spacial score (nSPS) is 11.4. The zero-order valence-electron chi connectivity index (χ0n) is 28.2. The Morgan fingerprint density at radius 3 is 1.63 bits per heavy atom. The van der Waals surface area contributed by atoms with Crippen LogP contribution in [0.15, 0.2) is 188 Å². The van der Waals surface area contributed by atoms with Gasteiger partial charge in [-0.15, -0.1) is 0 Å². The molecule has 0 atom stereocenters. The van der Waals surface area contributed by atoms with Crippen molar-refractivity contribution < 1.29 is 0 Å². The molecule has 0 aliphatic carbocycles. The Labute approximate surface area is 301 Å². The second-order valence-corrected chi connectivity index (χ2v) is 13.2. The Morgan fingerprint density at radius 1 is 0.365 bits per heavy atom. The lowest BCUT2D eigenvalue weighted by Gasteiger charge is -2.17. The molecule has 10 rings (SSSR count). The van der Waals surface area contributed by atoms with E-state index in [4.69, 9.17) is 0 Å². The molecule has 0 saturated carbocycles. The molecule has 2 aromatic heterocycles. The summed E-state index contributed by atoms with van der Waals surface area (Å²) in [4.78, 5) is 0. The van der Waals surface area contributed by atoms with Crippen LogP contribution in [0.2, 0.25) is 0 Å². The van der Waals surface area contributed by atoms with E-state index in [2.05, 4.69) is 179 Å². The van der Waals surface area contributed by atoms with Crippen LogP contribution in [0.4, 0.5) is 0 Å². The maximum Gasteiger partial charge on any atom is 0.101 e. The predicted molar refractivity (Wildman–Crippen MR) is 216 cm³/mol. The molecule has 0 fully saturated rings. The highest BCUT2D eigenvalue weighted by Crippen LogP contribution is 2.44. The van der Waals surface area contributed by atoms with Crippen LogP contribution >= 0.6 is 0 Å². The van der Waals surface area contributed by atoms with Crippen LogP contribution in [0.25, 0.3) is 88.4 Å². The van der Waals surface area contributed by atoms with Crippen LogP contribution < -0.4 is 0 Å². The summed E-state index contributed by atoms with van der Waals surface area (Å²) in [7, 11) is 0. The van der Waals surface area contributed by atoms with Crippen LogP contribution in [0.1, 0.15) is 5.56 Å². The monoisotopic (exact) mass is 661 g/mol. The summed E-state index contributed by atoms with van der Waals surface area (Å²) in [5, 5.41) is 14.9. The maximum atomic E-state index is 10.1. The molecule has 3 nitrogen and oxygen atoms in total. The molecule has 0 unspecified atom stereocenters. The molecular weight excluding hydrogens is 631 g/mol. The van der Waals surface area contributed by atoms with Gasteiger partial charge in [-0.3, -0.25) is 0 Å². The van der Waals surface area contributed by atoms with Gasteiger partial charge in [0.2, 0.25) is 0 Å². The Hall–Kier alpha value is -7.15. The highest BCUT2D eigenvalue weighted by atomic mass is 15.0. The van der Waals surface area contributed by atoms with E-state index >= 15 is 0 Å². The Kier molecular flexibility index (Phi) is 6.87. The third-order valence-corrected chi connectivity index (χ3v) is 10.4. The molecule has 0 bridgehead atoms. The van der Waals surface area contributed by atoms with E-state index in [0.717, 1.165) is 49.9 Å². The lowest BCUT2D eigenvalue weighted by atomic mass is 9.88. The molecule has 0 aliphatic rings. The minimum atomic E-state index is 0.645. The van der Waals surface area contributed by atoms with Crippen LogP contribution in [-0.2, 0) is 0 Å². The zero-order chi connectivity index (χ0) is 34.6. The first-order valence-corrected chi connectivity index (χ1v) is 17.6. The number of aromatic nitrogens is 2. The third-order valence-electron chi connectivity index (χ3n) is 10.4. The van der Waals surface area contributed by atoms with Gasteiger partial charge in [-0.1, -0.05) is 146 Å². The van der Waals surface area contributed by atoms with Crippen molar-refractivity contribution in [2.24, 2.45) is 0 Å². The van der Waals surface area contributed by atoms with E-state index in [0.29, 0.717) is 5.56 Å². The smallest absolute Gasteiger partial charge is 0.101 e. The third kappa shape index (κ3) is 4.52. The predicted octanol–water partition coefficient (Wildman–Crippen LogP) is 12.8. The summed E-state index contributed by atoms with van der Waals surface area (Å²) in [6, 6.07) is 69.1. The van der Waals surface area contributed by atoms with Gasteiger partial charge in [-0.05, 0) is 70.3 Å². The zero-order valence-corrected chi connectivity index (χ0v) is 28.2. The van der Waals surface area contributed by atoms with E-state index in [-0.39, 0.29) is 0 Å². The molecule has 0 N–H and O–H groups in total. The van der Waals surface area contributed by atoms with Crippen molar-refractivity contribution in [2.75, 3.05) is 0 Å². The minimum Gasteiger partial charge on any atom is -0.309 e. The molecule has 0 spiro atoms. The van der Waals surface area contributed by atoms with Crippen molar-refractivity contribution in [3.05, 3.63) is 194 Å². The van der Waals surface area contributed by atoms with Crippen molar-refractivity contribution in [3.63, 3.8) is 0 Å². The SMILES string of the molecule is N#Cc1ccccc1-n1c2ccccc2c2ccc(-c3ccccc3-c3ccccc3-c3cccc4c5ccccc5n(-c5ccccc5)c34)cc21. The van der Waals surface area contributed by atoms with Gasteiger partial charge >= 0.3 is 0 Å². The lowest BCUT2D eigenvalue weighted by molar-refractivity contribution is 1.17. The van der Waals surface area contributed by atoms with Crippen molar-refractivity contribution in [1.29, 1.82) is 5.26 Å². The number of fused-ring (bicyclic) bond motifs is 6. The molecular formula is C49H31N3. The molecule has 242 valence electrons. The summed E-state index contributed by atoms with van der Waals surface area (Å²) >= 11 is 0. The average molecular weight is 662 g/mol. The average Bonchev–Trinajstić information content (AvgIpc) is 3.74. The van der Waals surface area contributed by atoms with Gasteiger partial charge in [0.1, 0.15) is 6.07 Å². The van der Waals surface area contributed by atoms with Gasteiger partial charge in [0.05, 0.1) is 33.3 Å². The van der Waals surface area contributed by atoms with Gasteiger partial charge < -0.3 is 9.13 Å². The summed E-state index contributed by atoms with van der Waals surface area (Å²) in [5.74, 6) is 0. The number of benzene rings is 8. The summed E-state index contributed by atoms with van der Waals surface area (Å²) in [5.41, 5.74) is 14.2. The van der Waals surface area contributed by atoms with Crippen molar-refractivity contribution in [2.45, 2.75) is 0 Å². The van der Waals surface area contributed by atoms with Crippen LogP contribution in [0.3, 0.4) is 0 Å². The maximum absolute atomic E-state index is 10.1. The fourth-order valence-electron chi connectivity index (χ4n) is 8.16. The quantitative estimate of drug-likeness (QED) is 0.181. The topological polar surface area (TPSA) is 33.6 Å². The number of hydrogen-bond acceptors (Lipinski definition) is 1. The summed E-state index contributed by atoms with van der Waals surface area (Å²) < 4.78 is 4.65. The number of nitriles is 1. The van der Waals surface area contributed by atoms with Crippen LogP contribution in [0.5, 0.6) is 0 Å². The largest absolute Gasteiger partial charge is 0.309 e. The van der Waals surface area contributed by atoms with Crippen LogP contribution in [0, 0.1) is 11.3 Å². The number of hydrogen-bond donors (Lipinski definition) is 0. The Morgan fingerprint density at radius 2 is 0.885 bits per heavy atom. The number of nitrogens with zero attached hydrogens (tertiary/aromatic N) is 3. The van der Waals surface area contributed by atoms with Gasteiger partial charge in [-0.25, -0.2) is 0 Å². The van der Waals surface area contributed by atoms with Crippen LogP contribution in [-0.4, -0.2) is 9.13 Å². The fourth-order valence-corrected chi connectivity index (χ4v) is 8.16. The molecule has 2 heterocycles. The van der Waals surface area contributed by atoms with Gasteiger partial charge in [0, 0.05) is 32.8 Å². The van der Waals surface area contributed by atoms with Gasteiger partial charge in [0.25, 0.3) is 0 Å². The number of para-hydroxylation sites is 5. The standard InChI is InChI=1S/C49H31N3/c50-32-34-15-4-11-26-45(34)52-47-28-13-9-22-40(47)42-30-29-33(31-48(42)52)36-18-5-6-19-37(36)38-20-7-8-21-39(38)43-24-14-25-44-41-23-10-12-27-46(41)51(49(43)44)35-16-2-1-3-17-35/h1-31H. The van der Waals surface area contributed by atoms with Gasteiger partial charge in [-0.2, -0.15) is 5.26 Å². The van der Waals surface area contributed by atoms with E-state index in [9.17, 15) is 5.26 Å². The molecule has 8 aromatic carbocycles. The molecule has 3 heteroatoms. The second-order valence-electron chi connectivity index (χ2n) is 13.2. The molecule has 0 amide bonds. The molecule has 52 heavy (non-hydrogen) atoms. The van der Waals surface area contributed by atoms with Crippen molar-refractivity contribution >= 4 is 43.6 Å². The summed E-state index contributed by atoms with van der Waals surface area (Å²) in [6.45, 7) is 0. The van der Waals surface area contributed by atoms with E-state index in [1.165, 1.54) is 38.5 Å². The van der Waals surface area contributed by atoms with Crippen molar-refractivity contribution in [3.8, 4) is 50.8 Å². The van der Waals surface area contributed by atoms with E-state index in [1.807, 2.05) is 24.3 Å². The highest BCUT2D eigenvalue weighted by molar-refractivity contribution is 6.15. The minimum absolute atomic E-state index is 0.645. The molecule has 0 saturated heterocycles. The summed E-state index contributed by atoms with van der Waals surface area (Å²) in [6.07, 6.45) is 0. The first kappa shape index (κ1) is 29.7.